The van der Waals surface area contributed by atoms with Crippen molar-refractivity contribution in [2.75, 3.05) is 31.6 Å². The standard InChI is InChI=1S/C21H30N6O3/c1-21(2,3)26-19(28)15-23-20(22-9-11-27-10-4-8-24-27)25-16-6-7-17-18(14-16)30-13-5-12-29-17/h4,6-8,10,14H,5,9,11-13,15H2,1-3H3,(H,26,28)(H2,22,23,25). The number of benzene rings is 1. The molecule has 30 heavy (non-hydrogen) atoms. The van der Waals surface area contributed by atoms with E-state index in [-0.39, 0.29) is 18.0 Å². The van der Waals surface area contributed by atoms with E-state index in [1.165, 1.54) is 0 Å². The minimum atomic E-state index is -0.304. The molecule has 0 unspecified atom stereocenters. The molecule has 2 aromatic rings. The van der Waals surface area contributed by atoms with E-state index in [2.05, 4.69) is 26.0 Å². The number of carbonyl (C=O) groups is 1. The molecule has 0 saturated carbocycles. The predicted octanol–water partition coefficient (Wildman–Crippen LogP) is 2.02. The molecule has 1 aliphatic heterocycles. The van der Waals surface area contributed by atoms with Crippen LogP contribution in [-0.2, 0) is 11.3 Å². The quantitative estimate of drug-likeness (QED) is 0.494. The second-order valence-corrected chi connectivity index (χ2v) is 8.00. The summed E-state index contributed by atoms with van der Waals surface area (Å²) in [6.07, 6.45) is 4.48. The van der Waals surface area contributed by atoms with Gasteiger partial charge in [-0.05, 0) is 39.0 Å². The van der Waals surface area contributed by atoms with E-state index in [1.807, 2.05) is 55.9 Å². The maximum absolute atomic E-state index is 12.2. The van der Waals surface area contributed by atoms with Gasteiger partial charge in [-0.1, -0.05) is 0 Å². The summed E-state index contributed by atoms with van der Waals surface area (Å²) in [5.74, 6) is 1.78. The topological polar surface area (TPSA) is 102 Å². The lowest BCUT2D eigenvalue weighted by Gasteiger charge is -2.20. The Kier molecular flexibility index (Phi) is 7.16. The molecule has 1 aromatic carbocycles. The highest BCUT2D eigenvalue weighted by atomic mass is 16.5. The van der Waals surface area contributed by atoms with Crippen molar-refractivity contribution in [3.8, 4) is 11.5 Å². The van der Waals surface area contributed by atoms with Crippen molar-refractivity contribution in [3.05, 3.63) is 36.7 Å². The van der Waals surface area contributed by atoms with Crippen molar-refractivity contribution in [2.45, 2.75) is 39.3 Å². The second kappa shape index (κ2) is 10.00. The van der Waals surface area contributed by atoms with Crippen molar-refractivity contribution in [3.63, 3.8) is 0 Å². The fourth-order valence-electron chi connectivity index (χ4n) is 2.85. The molecule has 0 saturated heterocycles. The number of nitrogens with one attached hydrogen (secondary N) is 3. The minimum Gasteiger partial charge on any atom is -0.490 e. The maximum Gasteiger partial charge on any atom is 0.242 e. The van der Waals surface area contributed by atoms with Crippen LogP contribution in [0.3, 0.4) is 0 Å². The Bertz CT molecular complexity index is 858. The van der Waals surface area contributed by atoms with Gasteiger partial charge in [-0.25, -0.2) is 4.99 Å². The van der Waals surface area contributed by atoms with Crippen molar-refractivity contribution in [2.24, 2.45) is 4.99 Å². The van der Waals surface area contributed by atoms with Gasteiger partial charge in [0.15, 0.2) is 17.5 Å². The zero-order valence-corrected chi connectivity index (χ0v) is 17.8. The average molecular weight is 415 g/mol. The molecule has 162 valence electrons. The van der Waals surface area contributed by atoms with Gasteiger partial charge >= 0.3 is 0 Å². The number of nitrogens with zero attached hydrogens (tertiary/aromatic N) is 3. The fraction of sp³-hybridized carbons (Fsp3) is 0.476. The Morgan fingerprint density at radius 1 is 1.23 bits per heavy atom. The monoisotopic (exact) mass is 414 g/mol. The van der Waals surface area contributed by atoms with Gasteiger partial charge in [-0.2, -0.15) is 5.10 Å². The first kappa shape index (κ1) is 21.5. The molecule has 3 N–H and O–H groups in total. The molecule has 1 amide bonds. The van der Waals surface area contributed by atoms with Crippen molar-refractivity contribution in [1.82, 2.24) is 20.4 Å². The van der Waals surface area contributed by atoms with Gasteiger partial charge in [0.1, 0.15) is 6.54 Å². The SMILES string of the molecule is CC(C)(C)NC(=O)CN=C(NCCn1cccn1)Nc1ccc2c(c1)OCCCO2. The molecule has 1 aliphatic rings. The molecular weight excluding hydrogens is 384 g/mol. The number of guanidine groups is 1. The number of fused-ring (bicyclic) bond motifs is 1. The molecule has 9 nitrogen and oxygen atoms in total. The molecule has 0 atom stereocenters. The third kappa shape index (κ3) is 6.98. The number of anilines is 1. The van der Waals surface area contributed by atoms with Crippen molar-refractivity contribution < 1.29 is 14.3 Å². The van der Waals surface area contributed by atoms with Gasteiger partial charge in [-0.15, -0.1) is 0 Å². The average Bonchev–Trinajstić information content (AvgIpc) is 3.08. The number of carbonyl (C=O) groups excluding carboxylic acids is 1. The Morgan fingerprint density at radius 2 is 2.03 bits per heavy atom. The summed E-state index contributed by atoms with van der Waals surface area (Å²) in [5.41, 5.74) is 0.489. The summed E-state index contributed by atoms with van der Waals surface area (Å²) in [7, 11) is 0. The van der Waals surface area contributed by atoms with Crippen LogP contribution in [0.5, 0.6) is 11.5 Å². The number of aliphatic imine (C=N–C) groups is 1. The number of hydrogen-bond acceptors (Lipinski definition) is 5. The maximum atomic E-state index is 12.2. The summed E-state index contributed by atoms with van der Waals surface area (Å²) in [6, 6.07) is 7.52. The van der Waals surface area contributed by atoms with Gasteiger partial charge in [-0.3, -0.25) is 9.48 Å². The highest BCUT2D eigenvalue weighted by Gasteiger charge is 2.14. The first-order valence-electron chi connectivity index (χ1n) is 10.1. The van der Waals surface area contributed by atoms with Gasteiger partial charge in [0, 0.05) is 42.7 Å². The van der Waals surface area contributed by atoms with Gasteiger partial charge in [0.25, 0.3) is 0 Å². The first-order chi connectivity index (χ1) is 14.4. The molecule has 3 rings (SSSR count). The van der Waals surface area contributed by atoms with E-state index >= 15 is 0 Å². The summed E-state index contributed by atoms with van der Waals surface area (Å²) >= 11 is 0. The van der Waals surface area contributed by atoms with Crippen LogP contribution < -0.4 is 25.4 Å². The molecule has 9 heteroatoms. The Balaban J connectivity index is 1.67. The van der Waals surface area contributed by atoms with Crippen LogP contribution in [0.15, 0.2) is 41.7 Å². The zero-order chi connectivity index (χ0) is 21.4. The molecule has 1 aromatic heterocycles. The highest BCUT2D eigenvalue weighted by Crippen LogP contribution is 2.32. The molecule has 0 aliphatic carbocycles. The van der Waals surface area contributed by atoms with Crippen LogP contribution in [0.25, 0.3) is 0 Å². The van der Waals surface area contributed by atoms with Crippen molar-refractivity contribution in [1.29, 1.82) is 0 Å². The highest BCUT2D eigenvalue weighted by molar-refractivity contribution is 5.95. The smallest absolute Gasteiger partial charge is 0.242 e. The largest absolute Gasteiger partial charge is 0.490 e. The second-order valence-electron chi connectivity index (χ2n) is 8.00. The third-order valence-electron chi connectivity index (χ3n) is 4.10. The van der Waals surface area contributed by atoms with Gasteiger partial charge in [0.2, 0.25) is 5.91 Å². The molecule has 0 bridgehead atoms. The van der Waals surface area contributed by atoms with Crippen LogP contribution in [0.2, 0.25) is 0 Å². The van der Waals surface area contributed by atoms with Crippen molar-refractivity contribution >= 4 is 17.6 Å². The van der Waals surface area contributed by atoms with Crippen LogP contribution >= 0.6 is 0 Å². The lowest BCUT2D eigenvalue weighted by molar-refractivity contribution is -0.121. The molecule has 0 spiro atoms. The number of aromatic nitrogens is 2. The Labute approximate surface area is 176 Å². The summed E-state index contributed by atoms with van der Waals surface area (Å²) in [5, 5.41) is 13.6. The Morgan fingerprint density at radius 3 is 2.77 bits per heavy atom. The molecular formula is C21H30N6O3. The number of ether oxygens (including phenoxy) is 2. The van der Waals surface area contributed by atoms with Crippen LogP contribution in [0.1, 0.15) is 27.2 Å². The number of hydrogen-bond donors (Lipinski definition) is 3. The lowest BCUT2D eigenvalue weighted by atomic mass is 10.1. The predicted molar refractivity (Wildman–Crippen MR) is 116 cm³/mol. The van der Waals surface area contributed by atoms with E-state index in [0.29, 0.717) is 38.0 Å². The van der Waals surface area contributed by atoms with E-state index < -0.39 is 0 Å². The third-order valence-corrected chi connectivity index (χ3v) is 4.10. The molecule has 0 radical (unpaired) electrons. The van der Waals surface area contributed by atoms with Crippen LogP contribution in [0.4, 0.5) is 5.69 Å². The number of amides is 1. The van der Waals surface area contributed by atoms with E-state index in [4.69, 9.17) is 9.47 Å². The van der Waals surface area contributed by atoms with Crippen LogP contribution in [0, 0.1) is 0 Å². The first-order valence-corrected chi connectivity index (χ1v) is 10.1. The normalized spacial score (nSPS) is 14.0. The minimum absolute atomic E-state index is 0.0128. The zero-order valence-electron chi connectivity index (χ0n) is 17.8. The summed E-state index contributed by atoms with van der Waals surface area (Å²) in [6.45, 7) is 8.35. The fourth-order valence-corrected chi connectivity index (χ4v) is 2.85. The lowest BCUT2D eigenvalue weighted by Crippen LogP contribution is -2.42. The summed E-state index contributed by atoms with van der Waals surface area (Å²) < 4.78 is 13.3. The summed E-state index contributed by atoms with van der Waals surface area (Å²) in [4.78, 5) is 16.6. The molecule has 2 heterocycles. The van der Waals surface area contributed by atoms with Crippen LogP contribution in [-0.4, -0.2) is 53.5 Å². The van der Waals surface area contributed by atoms with Gasteiger partial charge in [0.05, 0.1) is 19.8 Å². The van der Waals surface area contributed by atoms with E-state index in [9.17, 15) is 4.79 Å². The van der Waals surface area contributed by atoms with E-state index in [0.717, 1.165) is 17.9 Å². The van der Waals surface area contributed by atoms with E-state index in [1.54, 1.807) is 6.20 Å². The van der Waals surface area contributed by atoms with Gasteiger partial charge < -0.3 is 25.4 Å². The Hall–Kier alpha value is -3.23. The number of rotatable bonds is 6. The molecule has 0 fully saturated rings.